The highest BCUT2D eigenvalue weighted by molar-refractivity contribution is 5.46. The molecule has 2 aromatic carbocycles. The SMILES string of the molecule is COc1cc(-n2nc(C)n(Cc3cc(F)cc(F)c3)c2=O)ccc1C1CNNC1. The number of halogens is 2. The van der Waals surface area contributed by atoms with E-state index in [0.29, 0.717) is 22.8 Å². The van der Waals surface area contributed by atoms with Crippen LogP contribution in [-0.4, -0.2) is 34.5 Å². The van der Waals surface area contributed by atoms with Crippen LogP contribution in [0.15, 0.2) is 41.2 Å². The molecule has 1 aromatic heterocycles. The Morgan fingerprint density at radius 1 is 1.14 bits per heavy atom. The zero-order valence-electron chi connectivity index (χ0n) is 16.1. The van der Waals surface area contributed by atoms with E-state index in [1.165, 1.54) is 21.4 Å². The van der Waals surface area contributed by atoms with Gasteiger partial charge in [0.15, 0.2) is 0 Å². The summed E-state index contributed by atoms with van der Waals surface area (Å²) >= 11 is 0. The third-order valence-corrected chi connectivity index (χ3v) is 5.03. The van der Waals surface area contributed by atoms with Gasteiger partial charge in [-0.05, 0) is 36.2 Å². The molecule has 152 valence electrons. The first kappa shape index (κ1) is 19.3. The highest BCUT2D eigenvalue weighted by Gasteiger charge is 2.21. The van der Waals surface area contributed by atoms with Crippen LogP contribution in [0.3, 0.4) is 0 Å². The number of hydrogen-bond acceptors (Lipinski definition) is 5. The smallest absolute Gasteiger partial charge is 0.351 e. The van der Waals surface area contributed by atoms with Gasteiger partial charge in [-0.3, -0.25) is 15.4 Å². The number of methoxy groups -OCH3 is 1. The van der Waals surface area contributed by atoms with E-state index in [0.717, 1.165) is 24.7 Å². The minimum atomic E-state index is -0.686. The maximum atomic E-state index is 13.5. The zero-order chi connectivity index (χ0) is 20.5. The van der Waals surface area contributed by atoms with Crippen molar-refractivity contribution in [2.24, 2.45) is 0 Å². The summed E-state index contributed by atoms with van der Waals surface area (Å²) in [5, 5.41) is 4.32. The maximum absolute atomic E-state index is 13.5. The Bertz CT molecular complexity index is 1080. The van der Waals surface area contributed by atoms with E-state index in [2.05, 4.69) is 16.0 Å². The molecule has 7 nitrogen and oxygen atoms in total. The first-order chi connectivity index (χ1) is 14.0. The molecule has 0 unspecified atom stereocenters. The average molecular weight is 401 g/mol. The van der Waals surface area contributed by atoms with Gasteiger partial charge in [0, 0.05) is 31.1 Å². The van der Waals surface area contributed by atoms with Crippen molar-refractivity contribution >= 4 is 0 Å². The molecule has 0 atom stereocenters. The summed E-state index contributed by atoms with van der Waals surface area (Å²) < 4.78 is 35.1. The summed E-state index contributed by atoms with van der Waals surface area (Å²) in [6.07, 6.45) is 0. The number of hydrazine groups is 1. The molecule has 0 aliphatic carbocycles. The van der Waals surface area contributed by atoms with Crippen LogP contribution < -0.4 is 21.3 Å². The van der Waals surface area contributed by atoms with Gasteiger partial charge in [-0.15, -0.1) is 0 Å². The second-order valence-electron chi connectivity index (χ2n) is 6.99. The first-order valence-electron chi connectivity index (χ1n) is 9.21. The standard InChI is InChI=1S/C20H21F2N5O2/c1-12-25-27(20(28)26(12)11-13-5-15(21)7-16(22)6-13)17-3-4-18(19(8-17)29-2)14-9-23-24-10-14/h3-8,14,23-24H,9-11H2,1-2H3. The van der Waals surface area contributed by atoms with Gasteiger partial charge >= 0.3 is 5.69 Å². The summed E-state index contributed by atoms with van der Waals surface area (Å²) in [6, 6.07) is 8.72. The quantitative estimate of drug-likeness (QED) is 0.683. The van der Waals surface area contributed by atoms with Crippen LogP contribution in [0, 0.1) is 18.6 Å². The van der Waals surface area contributed by atoms with E-state index in [-0.39, 0.29) is 12.5 Å². The van der Waals surface area contributed by atoms with Crippen molar-refractivity contribution < 1.29 is 13.5 Å². The summed E-state index contributed by atoms with van der Waals surface area (Å²) in [7, 11) is 1.59. The monoisotopic (exact) mass is 401 g/mol. The third kappa shape index (κ3) is 3.79. The fraction of sp³-hybridized carbons (Fsp3) is 0.300. The van der Waals surface area contributed by atoms with Crippen LogP contribution in [0.1, 0.15) is 22.9 Å². The maximum Gasteiger partial charge on any atom is 0.351 e. The number of aryl methyl sites for hydroxylation is 1. The normalized spacial score (nSPS) is 14.5. The average Bonchev–Trinajstić information content (AvgIpc) is 3.31. The van der Waals surface area contributed by atoms with Crippen molar-refractivity contribution in [2.75, 3.05) is 20.2 Å². The molecule has 0 bridgehead atoms. The van der Waals surface area contributed by atoms with Gasteiger partial charge < -0.3 is 4.74 Å². The van der Waals surface area contributed by atoms with Gasteiger partial charge in [-0.2, -0.15) is 9.78 Å². The van der Waals surface area contributed by atoms with Crippen molar-refractivity contribution in [1.29, 1.82) is 0 Å². The highest BCUT2D eigenvalue weighted by Crippen LogP contribution is 2.29. The second kappa shape index (κ2) is 7.76. The molecule has 29 heavy (non-hydrogen) atoms. The van der Waals surface area contributed by atoms with E-state index >= 15 is 0 Å². The highest BCUT2D eigenvalue weighted by atomic mass is 19.1. The zero-order valence-corrected chi connectivity index (χ0v) is 16.1. The molecule has 0 radical (unpaired) electrons. The second-order valence-corrected chi connectivity index (χ2v) is 6.99. The summed E-state index contributed by atoms with van der Waals surface area (Å²) in [5.41, 5.74) is 7.72. The molecule has 1 fully saturated rings. The minimum Gasteiger partial charge on any atom is -0.496 e. The molecular weight excluding hydrogens is 380 g/mol. The lowest BCUT2D eigenvalue weighted by molar-refractivity contribution is 0.406. The van der Waals surface area contributed by atoms with Gasteiger partial charge in [0.1, 0.15) is 23.2 Å². The van der Waals surface area contributed by atoms with Crippen molar-refractivity contribution in [3.8, 4) is 11.4 Å². The van der Waals surface area contributed by atoms with Crippen LogP contribution in [0.25, 0.3) is 5.69 Å². The molecule has 3 aromatic rings. The van der Waals surface area contributed by atoms with E-state index in [1.54, 1.807) is 20.1 Å². The van der Waals surface area contributed by atoms with E-state index in [1.807, 2.05) is 12.1 Å². The van der Waals surface area contributed by atoms with E-state index < -0.39 is 17.3 Å². The van der Waals surface area contributed by atoms with Gasteiger partial charge in [0.2, 0.25) is 0 Å². The lowest BCUT2D eigenvalue weighted by Gasteiger charge is -2.14. The van der Waals surface area contributed by atoms with Crippen molar-refractivity contribution in [3.05, 3.63) is 75.5 Å². The lowest BCUT2D eigenvalue weighted by atomic mass is 9.99. The number of nitrogens with one attached hydrogen (secondary N) is 2. The van der Waals surface area contributed by atoms with Gasteiger partial charge in [-0.25, -0.2) is 13.6 Å². The summed E-state index contributed by atoms with van der Waals surface area (Å²) in [6.45, 7) is 3.27. The Morgan fingerprint density at radius 2 is 1.83 bits per heavy atom. The van der Waals surface area contributed by atoms with Crippen molar-refractivity contribution in [2.45, 2.75) is 19.4 Å². The van der Waals surface area contributed by atoms with E-state index in [4.69, 9.17) is 4.74 Å². The van der Waals surface area contributed by atoms with Crippen LogP contribution in [-0.2, 0) is 6.54 Å². The lowest BCUT2D eigenvalue weighted by Crippen LogP contribution is -2.25. The van der Waals surface area contributed by atoms with Crippen molar-refractivity contribution in [3.63, 3.8) is 0 Å². The van der Waals surface area contributed by atoms with Crippen LogP contribution >= 0.6 is 0 Å². The predicted octanol–water partition coefficient (Wildman–Crippen LogP) is 1.87. The molecular formula is C20H21F2N5O2. The number of hydrogen-bond donors (Lipinski definition) is 2. The number of benzene rings is 2. The number of nitrogens with zero attached hydrogens (tertiary/aromatic N) is 3. The minimum absolute atomic E-state index is 0.0218. The fourth-order valence-corrected chi connectivity index (χ4v) is 3.58. The Kier molecular flexibility index (Phi) is 5.16. The third-order valence-electron chi connectivity index (χ3n) is 5.03. The number of rotatable bonds is 5. The first-order valence-corrected chi connectivity index (χ1v) is 9.21. The predicted molar refractivity (Wildman–Crippen MR) is 103 cm³/mol. The van der Waals surface area contributed by atoms with Crippen molar-refractivity contribution in [1.82, 2.24) is 25.2 Å². The van der Waals surface area contributed by atoms with Gasteiger partial charge in [0.05, 0.1) is 19.3 Å². The topological polar surface area (TPSA) is 73.1 Å². The molecule has 0 spiro atoms. The number of ether oxygens (including phenoxy) is 1. The molecule has 1 aliphatic heterocycles. The largest absolute Gasteiger partial charge is 0.496 e. The molecule has 0 saturated carbocycles. The Morgan fingerprint density at radius 3 is 2.48 bits per heavy atom. The van der Waals surface area contributed by atoms with Crippen LogP contribution in [0.2, 0.25) is 0 Å². The van der Waals surface area contributed by atoms with Crippen LogP contribution in [0.4, 0.5) is 8.78 Å². The molecule has 9 heteroatoms. The summed E-state index contributed by atoms with van der Waals surface area (Å²) in [5.74, 6) is -0.00211. The van der Waals surface area contributed by atoms with Gasteiger partial charge in [-0.1, -0.05) is 6.07 Å². The van der Waals surface area contributed by atoms with Crippen LogP contribution in [0.5, 0.6) is 5.75 Å². The summed E-state index contributed by atoms with van der Waals surface area (Å²) in [4.78, 5) is 12.9. The Balaban J connectivity index is 1.69. The number of aromatic nitrogens is 3. The van der Waals surface area contributed by atoms with E-state index in [9.17, 15) is 13.6 Å². The molecule has 4 rings (SSSR count). The molecule has 0 amide bonds. The molecule has 1 aliphatic rings. The Hall–Kier alpha value is -3.04. The fourth-order valence-electron chi connectivity index (χ4n) is 3.58. The van der Waals surface area contributed by atoms with Gasteiger partial charge in [0.25, 0.3) is 0 Å². The molecule has 2 N–H and O–H groups in total. The molecule has 1 saturated heterocycles. The Labute approximate surface area is 165 Å². The molecule has 2 heterocycles.